The van der Waals surface area contributed by atoms with Crippen molar-refractivity contribution in [1.29, 1.82) is 0 Å². The molecule has 3 N–H and O–H groups in total. The molecule has 0 unspecified atom stereocenters. The minimum Gasteiger partial charge on any atom is -0.370 e. The van der Waals surface area contributed by atoms with Crippen molar-refractivity contribution >= 4 is 23.0 Å². The average molecular weight is 331 g/mol. The van der Waals surface area contributed by atoms with Gasteiger partial charge in [-0.2, -0.15) is 0 Å². The van der Waals surface area contributed by atoms with Gasteiger partial charge in [-0.25, -0.2) is 4.98 Å². The molecule has 0 amide bonds. The lowest BCUT2D eigenvalue weighted by Gasteiger charge is -2.09. The topological polar surface area (TPSA) is 63.3 Å². The number of nitrogens with one attached hydrogen (secondary N) is 1. The van der Waals surface area contributed by atoms with E-state index in [9.17, 15) is 0 Å². The zero-order valence-corrected chi connectivity index (χ0v) is 15.2. The molecular weight excluding hydrogens is 304 g/mol. The maximum atomic E-state index is 5.97. The van der Waals surface area contributed by atoms with Crippen LogP contribution in [0.2, 0.25) is 0 Å². The van der Waals surface area contributed by atoms with E-state index in [-0.39, 0.29) is 0 Å². The highest BCUT2D eigenvalue weighted by Gasteiger charge is 2.05. The standard InChI is InChI=1S/C18H26N4S/c1-12(2)14-6-5-7-15(10-14)22-18(19)20-9-8-16-11-23-17(21-16)13(3)4/h5-7,10-13H,8-9H2,1-4H3,(H3,19,20,22). The van der Waals surface area contributed by atoms with E-state index in [1.54, 1.807) is 11.3 Å². The van der Waals surface area contributed by atoms with Crippen molar-refractivity contribution in [2.75, 3.05) is 11.9 Å². The second-order valence-electron chi connectivity index (χ2n) is 6.25. The van der Waals surface area contributed by atoms with E-state index in [0.717, 1.165) is 17.8 Å². The van der Waals surface area contributed by atoms with Gasteiger partial charge in [0, 0.05) is 30.0 Å². The number of hydrogen-bond donors (Lipinski definition) is 2. The first kappa shape index (κ1) is 17.5. The molecule has 0 saturated heterocycles. The molecule has 1 aromatic heterocycles. The zero-order chi connectivity index (χ0) is 16.8. The summed E-state index contributed by atoms with van der Waals surface area (Å²) >= 11 is 1.72. The number of nitrogens with two attached hydrogens (primary N) is 1. The molecule has 0 spiro atoms. The Bertz CT molecular complexity index is 659. The van der Waals surface area contributed by atoms with Crippen molar-refractivity contribution in [1.82, 2.24) is 4.98 Å². The maximum absolute atomic E-state index is 5.97. The number of anilines is 1. The number of rotatable bonds is 6. The smallest absolute Gasteiger partial charge is 0.193 e. The summed E-state index contributed by atoms with van der Waals surface area (Å²) in [5.74, 6) is 1.43. The van der Waals surface area contributed by atoms with Crippen molar-refractivity contribution in [3.8, 4) is 0 Å². The molecule has 0 bridgehead atoms. The van der Waals surface area contributed by atoms with Gasteiger partial charge >= 0.3 is 0 Å². The summed E-state index contributed by atoms with van der Waals surface area (Å²) in [4.78, 5) is 9.00. The molecule has 4 nitrogen and oxygen atoms in total. The van der Waals surface area contributed by atoms with E-state index in [1.807, 2.05) is 12.1 Å². The molecule has 0 aliphatic rings. The fourth-order valence-corrected chi connectivity index (χ4v) is 3.03. The highest BCUT2D eigenvalue weighted by Crippen LogP contribution is 2.20. The predicted octanol–water partition coefficient (Wildman–Crippen LogP) is 4.36. The number of aromatic nitrogens is 1. The number of thiazole rings is 1. The van der Waals surface area contributed by atoms with Gasteiger partial charge in [-0.05, 0) is 23.6 Å². The molecule has 2 aromatic rings. The summed E-state index contributed by atoms with van der Waals surface area (Å²) in [5, 5.41) is 6.45. The van der Waals surface area contributed by atoms with Gasteiger partial charge in [0.25, 0.3) is 0 Å². The molecule has 0 atom stereocenters. The highest BCUT2D eigenvalue weighted by atomic mass is 32.1. The van der Waals surface area contributed by atoms with Crippen LogP contribution in [-0.2, 0) is 6.42 Å². The molecule has 2 rings (SSSR count). The van der Waals surface area contributed by atoms with Crippen LogP contribution in [0.25, 0.3) is 0 Å². The Labute approximate surface area is 142 Å². The maximum Gasteiger partial charge on any atom is 0.193 e. The van der Waals surface area contributed by atoms with Crippen molar-refractivity contribution in [2.45, 2.75) is 46.0 Å². The Morgan fingerprint density at radius 1 is 1.26 bits per heavy atom. The third kappa shape index (κ3) is 5.36. The van der Waals surface area contributed by atoms with Gasteiger partial charge in [0.15, 0.2) is 5.96 Å². The predicted molar refractivity (Wildman–Crippen MR) is 101 cm³/mol. The Morgan fingerprint density at radius 3 is 2.70 bits per heavy atom. The van der Waals surface area contributed by atoms with Gasteiger partial charge in [0.1, 0.15) is 0 Å². The normalized spacial score (nSPS) is 12.2. The van der Waals surface area contributed by atoms with Gasteiger partial charge in [-0.3, -0.25) is 4.99 Å². The van der Waals surface area contributed by atoms with E-state index < -0.39 is 0 Å². The van der Waals surface area contributed by atoms with Crippen molar-refractivity contribution in [2.24, 2.45) is 10.7 Å². The number of hydrogen-bond acceptors (Lipinski definition) is 3. The van der Waals surface area contributed by atoms with Crippen LogP contribution in [0.1, 0.15) is 55.8 Å². The first-order valence-corrected chi connectivity index (χ1v) is 8.95. The second kappa shape index (κ2) is 8.11. The van der Waals surface area contributed by atoms with Crippen LogP contribution in [0, 0.1) is 0 Å². The first-order valence-electron chi connectivity index (χ1n) is 8.07. The summed E-state index contributed by atoms with van der Waals surface area (Å²) in [6.07, 6.45) is 0.817. The molecule has 5 heteroatoms. The molecule has 1 heterocycles. The Morgan fingerprint density at radius 2 is 2.04 bits per heavy atom. The third-order valence-electron chi connectivity index (χ3n) is 3.54. The molecule has 0 aliphatic heterocycles. The second-order valence-corrected chi connectivity index (χ2v) is 7.14. The molecular formula is C18H26N4S. The quantitative estimate of drug-likeness (QED) is 0.611. The van der Waals surface area contributed by atoms with E-state index >= 15 is 0 Å². The fraction of sp³-hybridized carbons (Fsp3) is 0.444. The monoisotopic (exact) mass is 330 g/mol. The van der Waals surface area contributed by atoms with Crippen LogP contribution in [0.4, 0.5) is 5.69 Å². The molecule has 124 valence electrons. The van der Waals surface area contributed by atoms with E-state index in [0.29, 0.717) is 24.3 Å². The molecule has 1 aromatic carbocycles. The Balaban J connectivity index is 1.88. The van der Waals surface area contributed by atoms with Crippen LogP contribution in [0.5, 0.6) is 0 Å². The van der Waals surface area contributed by atoms with E-state index in [2.05, 4.69) is 60.5 Å². The summed E-state index contributed by atoms with van der Waals surface area (Å²) in [5.41, 5.74) is 9.33. The Kier molecular flexibility index (Phi) is 6.16. The van der Waals surface area contributed by atoms with Crippen molar-refractivity contribution in [3.63, 3.8) is 0 Å². The van der Waals surface area contributed by atoms with Crippen LogP contribution in [0.15, 0.2) is 34.6 Å². The summed E-state index contributed by atoms with van der Waals surface area (Å²) in [6.45, 7) is 9.32. The summed E-state index contributed by atoms with van der Waals surface area (Å²) < 4.78 is 0. The van der Waals surface area contributed by atoms with Crippen LogP contribution in [0.3, 0.4) is 0 Å². The highest BCUT2D eigenvalue weighted by molar-refractivity contribution is 7.09. The minimum atomic E-state index is 0.449. The molecule has 0 radical (unpaired) electrons. The Hall–Kier alpha value is -1.88. The molecule has 23 heavy (non-hydrogen) atoms. The summed E-state index contributed by atoms with van der Waals surface area (Å²) in [7, 11) is 0. The van der Waals surface area contributed by atoms with E-state index in [1.165, 1.54) is 10.6 Å². The largest absolute Gasteiger partial charge is 0.370 e. The third-order valence-corrected chi connectivity index (χ3v) is 4.73. The average Bonchev–Trinajstić information content (AvgIpc) is 2.96. The zero-order valence-electron chi connectivity index (χ0n) is 14.3. The van der Waals surface area contributed by atoms with Gasteiger partial charge < -0.3 is 11.1 Å². The van der Waals surface area contributed by atoms with Crippen molar-refractivity contribution < 1.29 is 0 Å². The van der Waals surface area contributed by atoms with Crippen LogP contribution >= 0.6 is 11.3 Å². The fourth-order valence-electron chi connectivity index (χ4n) is 2.16. The molecule has 0 saturated carbocycles. The minimum absolute atomic E-state index is 0.449. The number of aliphatic imine (C=N–C) groups is 1. The van der Waals surface area contributed by atoms with Gasteiger partial charge in [0.2, 0.25) is 0 Å². The van der Waals surface area contributed by atoms with Gasteiger partial charge in [0.05, 0.1) is 10.7 Å². The first-order chi connectivity index (χ1) is 11.0. The van der Waals surface area contributed by atoms with Crippen molar-refractivity contribution in [3.05, 3.63) is 45.9 Å². The number of benzene rings is 1. The van der Waals surface area contributed by atoms with Gasteiger partial charge in [-0.1, -0.05) is 39.8 Å². The lowest BCUT2D eigenvalue weighted by molar-refractivity contribution is 0.831. The van der Waals surface area contributed by atoms with Gasteiger partial charge in [-0.15, -0.1) is 11.3 Å². The molecule has 0 aliphatic carbocycles. The summed E-state index contributed by atoms with van der Waals surface area (Å²) in [6, 6.07) is 8.28. The lowest BCUT2D eigenvalue weighted by Crippen LogP contribution is -2.23. The number of guanidine groups is 1. The number of nitrogens with zero attached hydrogens (tertiary/aromatic N) is 2. The van der Waals surface area contributed by atoms with Crippen LogP contribution in [-0.4, -0.2) is 17.5 Å². The molecule has 0 fully saturated rings. The van der Waals surface area contributed by atoms with E-state index in [4.69, 9.17) is 5.73 Å². The lowest BCUT2D eigenvalue weighted by atomic mass is 10.0. The van der Waals surface area contributed by atoms with Crippen LogP contribution < -0.4 is 11.1 Å². The SMILES string of the molecule is CC(C)c1cccc(NC(N)=NCCc2csc(C(C)C)n2)c1.